The van der Waals surface area contributed by atoms with Crippen LogP contribution in [-0.4, -0.2) is 39.8 Å². The summed E-state index contributed by atoms with van der Waals surface area (Å²) >= 11 is 0. The van der Waals surface area contributed by atoms with Crippen LogP contribution in [0.4, 0.5) is 0 Å². The molecule has 0 radical (unpaired) electrons. The van der Waals surface area contributed by atoms with Gasteiger partial charge in [0.1, 0.15) is 6.10 Å². The maximum absolute atomic E-state index is 14.3. The predicted molar refractivity (Wildman–Crippen MR) is 136 cm³/mol. The molecule has 0 saturated heterocycles. The summed E-state index contributed by atoms with van der Waals surface area (Å²) in [6, 6.07) is 0. The predicted octanol–water partition coefficient (Wildman–Crippen LogP) is 5.09. The van der Waals surface area contributed by atoms with Crippen molar-refractivity contribution in [3.63, 3.8) is 0 Å². The Labute approximate surface area is 210 Å². The van der Waals surface area contributed by atoms with Gasteiger partial charge in [0.2, 0.25) is 0 Å². The van der Waals surface area contributed by atoms with Gasteiger partial charge in [0.05, 0.1) is 5.41 Å². The van der Waals surface area contributed by atoms with Gasteiger partial charge in [-0.3, -0.25) is 4.79 Å². The van der Waals surface area contributed by atoms with E-state index in [0.717, 1.165) is 25.7 Å². The van der Waals surface area contributed by atoms with Crippen LogP contribution in [0.1, 0.15) is 73.6 Å². The zero-order chi connectivity index (χ0) is 25.8. The highest BCUT2D eigenvalue weighted by molar-refractivity contribution is 5.95. The summed E-state index contributed by atoms with van der Waals surface area (Å²) in [5.74, 6) is -0.627. The van der Waals surface area contributed by atoms with Crippen LogP contribution in [0.3, 0.4) is 0 Å². The van der Waals surface area contributed by atoms with E-state index in [9.17, 15) is 19.8 Å². The minimum Gasteiger partial charge on any atom is -0.451 e. The van der Waals surface area contributed by atoms with Crippen LogP contribution in [0, 0.1) is 34.5 Å². The van der Waals surface area contributed by atoms with Crippen LogP contribution in [0.5, 0.6) is 0 Å². The third-order valence-corrected chi connectivity index (χ3v) is 9.53. The van der Waals surface area contributed by atoms with Gasteiger partial charge in [0.25, 0.3) is 0 Å². The summed E-state index contributed by atoms with van der Waals surface area (Å²) in [7, 11) is 0. The van der Waals surface area contributed by atoms with Crippen LogP contribution in [0.25, 0.3) is 0 Å². The van der Waals surface area contributed by atoms with E-state index in [0.29, 0.717) is 17.1 Å². The van der Waals surface area contributed by atoms with E-state index < -0.39 is 29.2 Å². The number of allylic oxidation sites excluding steroid dienone is 4. The van der Waals surface area contributed by atoms with Crippen molar-refractivity contribution in [1.82, 2.24) is 0 Å². The number of hydrogen-bond donors (Lipinski definition) is 2. The van der Waals surface area contributed by atoms with Crippen LogP contribution < -0.4 is 0 Å². The molecule has 0 heterocycles. The first kappa shape index (κ1) is 26.1. The molecular formula is C30H42O5. The molecule has 0 aliphatic heterocycles. The fraction of sp³-hybridized carbons (Fsp3) is 0.667. The number of ether oxygens (including phenoxy) is 1. The number of hydrogen-bond acceptors (Lipinski definition) is 5. The molecule has 4 rings (SSSR count). The van der Waals surface area contributed by atoms with Gasteiger partial charge in [0.15, 0.2) is 17.5 Å². The van der Waals surface area contributed by atoms with E-state index in [1.807, 2.05) is 31.2 Å². The quantitative estimate of drug-likeness (QED) is 0.174. The van der Waals surface area contributed by atoms with Gasteiger partial charge in [-0.15, -0.1) is 0 Å². The molecule has 0 aromatic rings. The number of ketones is 1. The number of aliphatic hydroxyl groups is 2. The molecule has 35 heavy (non-hydrogen) atoms. The van der Waals surface area contributed by atoms with E-state index in [-0.39, 0.29) is 29.0 Å². The monoisotopic (exact) mass is 482 g/mol. The number of carbonyl (C=O) groups is 2. The van der Waals surface area contributed by atoms with Gasteiger partial charge in [-0.2, -0.15) is 0 Å². The molecule has 192 valence electrons. The molecule has 5 heteroatoms. The van der Waals surface area contributed by atoms with Crippen molar-refractivity contribution in [2.24, 2.45) is 34.5 Å². The first-order valence-corrected chi connectivity index (χ1v) is 13.3. The summed E-state index contributed by atoms with van der Waals surface area (Å²) in [6.07, 6.45) is 13.3. The summed E-state index contributed by atoms with van der Waals surface area (Å²) in [5.41, 5.74) is -2.00. The van der Waals surface area contributed by atoms with Crippen LogP contribution in [0.15, 0.2) is 47.6 Å². The number of rotatable bonds is 7. The molecule has 1 spiro atoms. The molecule has 0 aromatic heterocycles. The summed E-state index contributed by atoms with van der Waals surface area (Å²) in [5, 5.41) is 23.8. The summed E-state index contributed by atoms with van der Waals surface area (Å²) < 4.78 is 5.80. The molecule has 4 aliphatic carbocycles. The Morgan fingerprint density at radius 1 is 1.20 bits per heavy atom. The van der Waals surface area contributed by atoms with E-state index in [2.05, 4.69) is 20.8 Å². The molecule has 2 saturated carbocycles. The van der Waals surface area contributed by atoms with E-state index >= 15 is 0 Å². The molecule has 5 nitrogen and oxygen atoms in total. The molecule has 0 aromatic carbocycles. The van der Waals surface area contributed by atoms with Gasteiger partial charge in [0, 0.05) is 12.0 Å². The van der Waals surface area contributed by atoms with Crippen LogP contribution in [0.2, 0.25) is 0 Å². The lowest BCUT2D eigenvalue weighted by Crippen LogP contribution is -2.65. The SMILES string of the molecule is CCCCC/C=C\C=C\C(=O)O[C@H]1C(C)=C[C@]23C(=O)[C@@H](C=C(C)[C@@H](O)[C@]12O)C1C(C[C@H]3C)C1(C)C. The van der Waals surface area contributed by atoms with Crippen LogP contribution >= 0.6 is 0 Å². The Hall–Kier alpha value is -1.98. The molecule has 4 aliphatic rings. The average molecular weight is 483 g/mol. The molecule has 0 amide bonds. The third kappa shape index (κ3) is 3.81. The van der Waals surface area contributed by atoms with Crippen molar-refractivity contribution in [3.05, 3.63) is 47.6 Å². The summed E-state index contributed by atoms with van der Waals surface area (Å²) in [4.78, 5) is 27.0. The lowest BCUT2D eigenvalue weighted by atomic mass is 9.59. The average Bonchev–Trinajstić information content (AvgIpc) is 3.29. The van der Waals surface area contributed by atoms with Gasteiger partial charge in [-0.25, -0.2) is 4.79 Å². The Morgan fingerprint density at radius 2 is 1.91 bits per heavy atom. The van der Waals surface area contributed by atoms with E-state index in [1.54, 1.807) is 19.9 Å². The number of carbonyl (C=O) groups excluding carboxylic acids is 2. The van der Waals surface area contributed by atoms with E-state index in [4.69, 9.17) is 4.74 Å². The standard InChI is InChI=1S/C30H42O5/c1-7-8-9-10-11-12-13-14-23(31)35-27-19(3)17-29-20(4)16-22-24(28(22,5)6)21(26(29)33)15-18(2)25(32)30(27,29)34/h11-15,17,20-22,24-25,27,32,34H,7-10,16H2,1-6H3/b12-11-,14-13+/t20-,21+,22?,24?,25-,27+,29+,30+/m1/s1. The number of aliphatic hydroxyl groups excluding tert-OH is 1. The molecular weight excluding hydrogens is 440 g/mol. The minimum absolute atomic E-state index is 0.0510. The van der Waals surface area contributed by atoms with Gasteiger partial charge < -0.3 is 14.9 Å². The smallest absolute Gasteiger partial charge is 0.331 e. The van der Waals surface area contributed by atoms with Crippen LogP contribution in [-0.2, 0) is 14.3 Å². The molecule has 2 fully saturated rings. The van der Waals surface area contributed by atoms with Crippen molar-refractivity contribution in [3.8, 4) is 0 Å². The molecule has 2 unspecified atom stereocenters. The summed E-state index contributed by atoms with van der Waals surface area (Å²) in [6.45, 7) is 12.1. The minimum atomic E-state index is -1.94. The second-order valence-electron chi connectivity index (χ2n) is 12.0. The third-order valence-electron chi connectivity index (χ3n) is 9.53. The number of esters is 1. The lowest BCUT2D eigenvalue weighted by Gasteiger charge is -2.48. The largest absolute Gasteiger partial charge is 0.451 e. The second-order valence-corrected chi connectivity index (χ2v) is 12.0. The van der Waals surface area contributed by atoms with Crippen molar-refractivity contribution >= 4 is 11.8 Å². The Bertz CT molecular complexity index is 1000. The number of fused-ring (bicyclic) bond motifs is 3. The van der Waals surface area contributed by atoms with E-state index in [1.165, 1.54) is 12.5 Å². The Kier molecular flexibility index (Phi) is 6.82. The maximum Gasteiger partial charge on any atom is 0.331 e. The number of Topliss-reactive ketones (excluding diaryl/α,β-unsaturated/α-hetero) is 1. The topological polar surface area (TPSA) is 83.8 Å². The maximum atomic E-state index is 14.3. The van der Waals surface area contributed by atoms with Crippen molar-refractivity contribution in [1.29, 1.82) is 0 Å². The lowest BCUT2D eigenvalue weighted by molar-refractivity contribution is -0.200. The highest BCUT2D eigenvalue weighted by Gasteiger charge is 2.76. The highest BCUT2D eigenvalue weighted by Crippen LogP contribution is 2.71. The fourth-order valence-corrected chi connectivity index (χ4v) is 7.55. The normalized spacial score (nSPS) is 41.7. The Balaban J connectivity index is 1.63. The highest BCUT2D eigenvalue weighted by atomic mass is 16.6. The fourth-order valence-electron chi connectivity index (χ4n) is 7.55. The van der Waals surface area contributed by atoms with Crippen molar-refractivity contribution in [2.75, 3.05) is 0 Å². The zero-order valence-electron chi connectivity index (χ0n) is 22.1. The number of unbranched alkanes of at least 4 members (excludes halogenated alkanes) is 3. The zero-order valence-corrected chi connectivity index (χ0v) is 22.1. The van der Waals surface area contributed by atoms with Gasteiger partial charge >= 0.3 is 5.97 Å². The first-order valence-electron chi connectivity index (χ1n) is 13.3. The molecule has 8 atom stereocenters. The molecule has 2 bridgehead atoms. The Morgan fingerprint density at radius 3 is 2.60 bits per heavy atom. The van der Waals surface area contributed by atoms with Gasteiger partial charge in [-0.1, -0.05) is 70.9 Å². The molecule has 2 N–H and O–H groups in total. The van der Waals surface area contributed by atoms with Gasteiger partial charge in [-0.05, 0) is 67.4 Å². The van der Waals surface area contributed by atoms with Crippen molar-refractivity contribution in [2.45, 2.75) is 91.5 Å². The van der Waals surface area contributed by atoms with Crippen molar-refractivity contribution < 1.29 is 24.5 Å². The second kappa shape index (κ2) is 9.15. The first-order chi connectivity index (χ1) is 16.4.